The van der Waals surface area contributed by atoms with Crippen molar-refractivity contribution in [2.45, 2.75) is 90.5 Å². The summed E-state index contributed by atoms with van der Waals surface area (Å²) >= 11 is 0. The molecule has 0 aliphatic heterocycles. The van der Waals surface area contributed by atoms with Gasteiger partial charge in [0.15, 0.2) is 5.69 Å². The molecule has 6 heteroatoms. The third kappa shape index (κ3) is 6.00. The molecule has 0 atom stereocenters. The van der Waals surface area contributed by atoms with Gasteiger partial charge in [0.05, 0.1) is 5.39 Å². The Labute approximate surface area is 178 Å². The van der Waals surface area contributed by atoms with Gasteiger partial charge in [-0.1, -0.05) is 70.1 Å². The van der Waals surface area contributed by atoms with Crippen LogP contribution in [-0.4, -0.2) is 21.4 Å². The molecule has 1 heterocycles. The fourth-order valence-electron chi connectivity index (χ4n) is 4.08. The largest absolute Gasteiger partial charge is 0.292 e. The number of nitrogens with one attached hydrogen (secondary N) is 1. The first-order valence-corrected chi connectivity index (χ1v) is 11.6. The Morgan fingerprint density at radius 1 is 0.967 bits per heavy atom. The number of aromatic nitrogens is 2. The molecule has 1 aromatic heterocycles. The quantitative estimate of drug-likeness (QED) is 0.704. The van der Waals surface area contributed by atoms with Crippen molar-refractivity contribution in [3.63, 3.8) is 0 Å². The second-order valence-electron chi connectivity index (χ2n) is 8.22. The maximum atomic E-state index is 13.0. The average molecular weight is 411 g/mol. The molecular formula is C24H34N4O2. The third-order valence-electron chi connectivity index (χ3n) is 5.76. The Kier molecular flexibility index (Phi) is 8.60. The van der Waals surface area contributed by atoms with E-state index in [9.17, 15) is 9.59 Å². The average Bonchev–Trinajstić information content (AvgIpc) is 2.75. The van der Waals surface area contributed by atoms with Crippen molar-refractivity contribution in [1.82, 2.24) is 15.2 Å². The normalized spacial score (nSPS) is 16.5. The molecule has 1 aromatic carbocycles. The van der Waals surface area contributed by atoms with Gasteiger partial charge in [0.2, 0.25) is 0 Å². The molecule has 1 aliphatic carbocycles. The molecule has 0 radical (unpaired) electrons. The van der Waals surface area contributed by atoms with Gasteiger partial charge < -0.3 is 0 Å². The van der Waals surface area contributed by atoms with E-state index in [4.69, 9.17) is 0 Å². The predicted octanol–water partition coefficient (Wildman–Crippen LogP) is 5.20. The van der Waals surface area contributed by atoms with Crippen molar-refractivity contribution in [1.29, 1.82) is 0 Å². The van der Waals surface area contributed by atoms with Crippen molar-refractivity contribution in [2.75, 3.05) is 0 Å². The molecule has 1 N–H and O–H groups in total. The monoisotopic (exact) mass is 410 g/mol. The molecular weight excluding hydrogens is 376 g/mol. The summed E-state index contributed by atoms with van der Waals surface area (Å²) in [6.07, 6.45) is 13.9. The van der Waals surface area contributed by atoms with E-state index < -0.39 is 0 Å². The number of carbonyl (C=O) groups is 1. The Bertz CT molecular complexity index is 918. The van der Waals surface area contributed by atoms with Crippen molar-refractivity contribution in [3.8, 4) is 0 Å². The Morgan fingerprint density at radius 2 is 1.53 bits per heavy atom. The molecule has 1 saturated carbocycles. The first-order valence-electron chi connectivity index (χ1n) is 11.6. The minimum Gasteiger partial charge on any atom is -0.267 e. The summed E-state index contributed by atoms with van der Waals surface area (Å²) in [4.78, 5) is 25.6. The summed E-state index contributed by atoms with van der Waals surface area (Å²) < 4.78 is 1.39. The van der Waals surface area contributed by atoms with Gasteiger partial charge in [0, 0.05) is 17.6 Å². The van der Waals surface area contributed by atoms with Crippen molar-refractivity contribution >= 4 is 22.4 Å². The highest BCUT2D eigenvalue weighted by Gasteiger charge is 2.16. The van der Waals surface area contributed by atoms with Gasteiger partial charge in [-0.25, -0.2) is 10.1 Å². The van der Waals surface area contributed by atoms with Crippen LogP contribution in [0.25, 0.3) is 10.8 Å². The Morgan fingerprint density at radius 3 is 2.13 bits per heavy atom. The van der Waals surface area contributed by atoms with E-state index in [1.165, 1.54) is 49.6 Å². The number of hydrogen-bond acceptors (Lipinski definition) is 4. The van der Waals surface area contributed by atoms with Gasteiger partial charge in [-0.15, -0.1) is 0 Å². The van der Waals surface area contributed by atoms with E-state index in [0.717, 1.165) is 37.8 Å². The number of hydrogen-bond donors (Lipinski definition) is 1. The van der Waals surface area contributed by atoms with Gasteiger partial charge >= 0.3 is 0 Å². The smallest absolute Gasteiger partial charge is 0.267 e. The molecule has 1 amide bonds. The molecule has 1 aliphatic rings. The number of fused-ring (bicyclic) bond motifs is 1. The topological polar surface area (TPSA) is 76.3 Å². The highest BCUT2D eigenvalue weighted by Crippen LogP contribution is 2.16. The van der Waals surface area contributed by atoms with Crippen molar-refractivity contribution in [3.05, 3.63) is 40.3 Å². The lowest BCUT2D eigenvalue weighted by Gasteiger charge is -2.11. The number of aryl methyl sites for hydroxylation is 1. The second kappa shape index (κ2) is 11.6. The van der Waals surface area contributed by atoms with Crippen LogP contribution in [0.5, 0.6) is 0 Å². The fraction of sp³-hybridized carbons (Fsp3) is 0.583. The molecule has 2 aromatic rings. The van der Waals surface area contributed by atoms with Gasteiger partial charge in [-0.3, -0.25) is 9.59 Å². The minimum absolute atomic E-state index is 0.158. The van der Waals surface area contributed by atoms with Crippen molar-refractivity contribution < 1.29 is 4.79 Å². The number of carbonyl (C=O) groups excluding carboxylic acids is 1. The van der Waals surface area contributed by atoms with Gasteiger partial charge in [0.1, 0.15) is 0 Å². The SMILES string of the molecule is CCCn1nc(C(=O)NN=C2CCCCCCCCCCC2)c2ccccc2c1=O. The van der Waals surface area contributed by atoms with E-state index in [1.807, 2.05) is 19.1 Å². The van der Waals surface area contributed by atoms with Crippen LogP contribution in [0.4, 0.5) is 0 Å². The zero-order valence-corrected chi connectivity index (χ0v) is 18.2. The number of benzene rings is 1. The lowest BCUT2D eigenvalue weighted by molar-refractivity contribution is 0.0949. The lowest BCUT2D eigenvalue weighted by atomic mass is 10.00. The van der Waals surface area contributed by atoms with E-state index in [-0.39, 0.29) is 17.2 Å². The van der Waals surface area contributed by atoms with E-state index in [2.05, 4.69) is 15.6 Å². The fourth-order valence-corrected chi connectivity index (χ4v) is 4.08. The summed E-state index contributed by atoms with van der Waals surface area (Å²) in [5.41, 5.74) is 3.90. The van der Waals surface area contributed by atoms with Crippen LogP contribution in [-0.2, 0) is 6.54 Å². The minimum atomic E-state index is -0.352. The van der Waals surface area contributed by atoms with E-state index in [1.54, 1.807) is 12.1 Å². The second-order valence-corrected chi connectivity index (χ2v) is 8.22. The molecule has 0 spiro atoms. The number of rotatable bonds is 4. The summed E-state index contributed by atoms with van der Waals surface area (Å²) in [7, 11) is 0. The molecule has 0 bridgehead atoms. The molecule has 0 saturated heterocycles. The highest BCUT2D eigenvalue weighted by atomic mass is 16.2. The summed E-state index contributed by atoms with van der Waals surface area (Å²) in [6, 6.07) is 7.16. The van der Waals surface area contributed by atoms with Crippen LogP contribution in [0.3, 0.4) is 0 Å². The number of amides is 1. The summed E-state index contributed by atoms with van der Waals surface area (Å²) in [5.74, 6) is -0.352. The van der Waals surface area contributed by atoms with Crippen LogP contribution < -0.4 is 11.0 Å². The van der Waals surface area contributed by atoms with Crippen LogP contribution in [0.15, 0.2) is 34.2 Å². The molecule has 3 rings (SSSR count). The third-order valence-corrected chi connectivity index (χ3v) is 5.76. The highest BCUT2D eigenvalue weighted by molar-refractivity contribution is 6.05. The Hall–Kier alpha value is -2.50. The zero-order valence-electron chi connectivity index (χ0n) is 18.2. The molecule has 30 heavy (non-hydrogen) atoms. The van der Waals surface area contributed by atoms with E-state index in [0.29, 0.717) is 17.3 Å². The first-order chi connectivity index (χ1) is 14.7. The standard InChI is InChI=1S/C24H34N4O2/c1-2-18-28-24(30)21-17-13-12-16-20(21)22(27-28)23(29)26-25-19-14-10-8-6-4-3-5-7-9-11-15-19/h12-13,16-17H,2-11,14-15,18H2,1H3,(H,26,29). The lowest BCUT2D eigenvalue weighted by Crippen LogP contribution is -2.29. The number of nitrogens with zero attached hydrogens (tertiary/aromatic N) is 3. The van der Waals surface area contributed by atoms with Gasteiger partial charge in [-0.05, 0) is 38.2 Å². The number of hydrazone groups is 1. The predicted molar refractivity (Wildman–Crippen MR) is 122 cm³/mol. The van der Waals surface area contributed by atoms with Crippen LogP contribution in [0, 0.1) is 0 Å². The first kappa shape index (κ1) is 22.2. The van der Waals surface area contributed by atoms with Crippen LogP contribution in [0.2, 0.25) is 0 Å². The van der Waals surface area contributed by atoms with E-state index >= 15 is 0 Å². The Balaban J connectivity index is 1.79. The maximum Gasteiger partial charge on any atom is 0.292 e. The molecule has 0 unspecified atom stereocenters. The van der Waals surface area contributed by atoms with Gasteiger partial charge in [0.25, 0.3) is 11.5 Å². The molecule has 162 valence electrons. The maximum absolute atomic E-state index is 13.0. The summed E-state index contributed by atoms with van der Waals surface area (Å²) in [6.45, 7) is 2.47. The zero-order chi connectivity index (χ0) is 21.2. The van der Waals surface area contributed by atoms with Crippen LogP contribution in [0.1, 0.15) is 94.5 Å². The molecule has 1 fully saturated rings. The van der Waals surface area contributed by atoms with Gasteiger partial charge in [-0.2, -0.15) is 10.2 Å². The summed E-state index contributed by atoms with van der Waals surface area (Å²) in [5, 5.41) is 9.94. The molecule has 6 nitrogen and oxygen atoms in total. The van der Waals surface area contributed by atoms with Crippen LogP contribution >= 0.6 is 0 Å². The van der Waals surface area contributed by atoms with Crippen molar-refractivity contribution in [2.24, 2.45) is 5.10 Å².